The minimum Gasteiger partial charge on any atom is -0.304 e. The Hall–Kier alpha value is -1.22. The number of piperazine rings is 1. The highest BCUT2D eigenvalue weighted by Gasteiger charge is 2.34. The Morgan fingerprint density at radius 1 is 1.29 bits per heavy atom. The van der Waals surface area contributed by atoms with Gasteiger partial charge in [-0.15, -0.1) is 0 Å². The lowest BCUT2D eigenvalue weighted by atomic mass is 10.0. The van der Waals surface area contributed by atoms with Gasteiger partial charge in [-0.25, -0.2) is 8.78 Å². The molecular weight excluding hydrogens is 296 g/mol. The van der Waals surface area contributed by atoms with Crippen LogP contribution in [0.4, 0.5) is 8.78 Å². The topological polar surface area (TPSA) is 30.3 Å². The van der Waals surface area contributed by atoms with Gasteiger partial charge in [-0.3, -0.25) is 0 Å². The minimum absolute atomic E-state index is 0.0115. The van der Waals surface area contributed by atoms with Crippen molar-refractivity contribution in [3.8, 4) is 6.07 Å². The number of alkyl halides is 2. The summed E-state index contributed by atoms with van der Waals surface area (Å²) >= 11 is 5.87. The second-order valence-corrected chi connectivity index (χ2v) is 5.81. The predicted molar refractivity (Wildman–Crippen MR) is 78.6 cm³/mol. The highest BCUT2D eigenvalue weighted by Crippen LogP contribution is 2.37. The first-order valence-electron chi connectivity index (χ1n) is 6.91. The smallest absolute Gasteiger partial charge is 0.275 e. The molecule has 0 spiro atoms. The Bertz CT molecular complexity index is 534. The molecule has 1 aliphatic heterocycles. The van der Waals surface area contributed by atoms with E-state index in [1.165, 1.54) is 18.2 Å². The van der Waals surface area contributed by atoms with Crippen LogP contribution in [0.25, 0.3) is 0 Å². The molecule has 0 radical (unpaired) electrons. The van der Waals surface area contributed by atoms with Gasteiger partial charge >= 0.3 is 0 Å². The molecule has 3 nitrogen and oxygen atoms in total. The zero-order valence-corrected chi connectivity index (χ0v) is 12.7. The molecule has 0 N–H and O–H groups in total. The number of likely N-dealkylation sites (N-methyl/N-ethyl adjacent to an activating group) is 1. The highest BCUT2D eigenvalue weighted by atomic mass is 35.5. The fourth-order valence-electron chi connectivity index (χ4n) is 2.38. The zero-order chi connectivity index (χ0) is 15.5. The van der Waals surface area contributed by atoms with Gasteiger partial charge in [0.15, 0.2) is 0 Å². The SMILES string of the molecule is CN1CCN(CCC(F)(F)c2cc(C#N)ccc2Cl)CC1. The van der Waals surface area contributed by atoms with Crippen LogP contribution in [0.15, 0.2) is 18.2 Å². The van der Waals surface area contributed by atoms with Crippen molar-refractivity contribution in [3.05, 3.63) is 34.3 Å². The average Bonchev–Trinajstić information content (AvgIpc) is 2.47. The summed E-state index contributed by atoms with van der Waals surface area (Å²) < 4.78 is 28.7. The number of nitrogens with zero attached hydrogens (tertiary/aromatic N) is 3. The van der Waals surface area contributed by atoms with Gasteiger partial charge in [-0.1, -0.05) is 11.6 Å². The van der Waals surface area contributed by atoms with Gasteiger partial charge in [0.2, 0.25) is 0 Å². The van der Waals surface area contributed by atoms with Crippen molar-refractivity contribution >= 4 is 11.6 Å². The lowest BCUT2D eigenvalue weighted by Gasteiger charge is -2.33. The van der Waals surface area contributed by atoms with Crippen molar-refractivity contribution in [1.29, 1.82) is 5.26 Å². The second-order valence-electron chi connectivity index (χ2n) is 5.41. The first-order chi connectivity index (χ1) is 9.92. The number of benzene rings is 1. The molecule has 0 unspecified atom stereocenters. The van der Waals surface area contributed by atoms with Gasteiger partial charge in [-0.2, -0.15) is 5.26 Å². The van der Waals surface area contributed by atoms with E-state index in [1.54, 1.807) is 0 Å². The average molecular weight is 314 g/mol. The molecule has 0 saturated carbocycles. The first-order valence-corrected chi connectivity index (χ1v) is 7.29. The fraction of sp³-hybridized carbons (Fsp3) is 0.533. The zero-order valence-electron chi connectivity index (χ0n) is 12.0. The van der Waals surface area contributed by atoms with Gasteiger partial charge in [0.25, 0.3) is 5.92 Å². The van der Waals surface area contributed by atoms with E-state index < -0.39 is 5.92 Å². The van der Waals surface area contributed by atoms with E-state index in [4.69, 9.17) is 16.9 Å². The summed E-state index contributed by atoms with van der Waals surface area (Å²) in [6, 6.07) is 5.86. The summed E-state index contributed by atoms with van der Waals surface area (Å²) in [7, 11) is 2.03. The van der Waals surface area contributed by atoms with Crippen LogP contribution in [0.1, 0.15) is 17.5 Å². The van der Waals surface area contributed by atoms with Gasteiger partial charge < -0.3 is 9.80 Å². The molecule has 1 fully saturated rings. The van der Waals surface area contributed by atoms with E-state index in [0.29, 0.717) is 6.54 Å². The fourth-order valence-corrected chi connectivity index (χ4v) is 2.64. The van der Waals surface area contributed by atoms with Crippen LogP contribution < -0.4 is 0 Å². The van der Waals surface area contributed by atoms with E-state index in [-0.39, 0.29) is 22.6 Å². The Morgan fingerprint density at radius 2 is 1.95 bits per heavy atom. The number of nitriles is 1. The normalized spacial score (nSPS) is 17.7. The summed E-state index contributed by atoms with van der Waals surface area (Å²) in [6.45, 7) is 3.73. The van der Waals surface area contributed by atoms with Crippen LogP contribution >= 0.6 is 11.6 Å². The predicted octanol–water partition coefficient (Wildman–Crippen LogP) is 2.94. The molecule has 6 heteroatoms. The molecule has 114 valence electrons. The van der Waals surface area contributed by atoms with E-state index in [0.717, 1.165) is 26.2 Å². The molecule has 0 aromatic heterocycles. The summed E-state index contributed by atoms with van der Waals surface area (Å²) in [5.74, 6) is -3.02. The van der Waals surface area contributed by atoms with Crippen LogP contribution in [0.2, 0.25) is 5.02 Å². The maximum atomic E-state index is 14.3. The Labute approximate surface area is 128 Å². The summed E-state index contributed by atoms with van der Waals surface area (Å²) in [5, 5.41) is 8.84. The molecule has 21 heavy (non-hydrogen) atoms. The lowest BCUT2D eigenvalue weighted by molar-refractivity contribution is -0.0246. The third-order valence-electron chi connectivity index (χ3n) is 3.83. The Morgan fingerprint density at radius 3 is 2.57 bits per heavy atom. The molecular formula is C15H18ClF2N3. The number of hydrogen-bond donors (Lipinski definition) is 0. The molecule has 0 bridgehead atoms. The van der Waals surface area contributed by atoms with Gasteiger partial charge in [0, 0.05) is 49.7 Å². The molecule has 1 heterocycles. The monoisotopic (exact) mass is 313 g/mol. The van der Waals surface area contributed by atoms with Crippen molar-refractivity contribution in [1.82, 2.24) is 9.80 Å². The molecule has 0 aliphatic carbocycles. The minimum atomic E-state index is -3.02. The molecule has 1 saturated heterocycles. The molecule has 1 aliphatic rings. The highest BCUT2D eigenvalue weighted by molar-refractivity contribution is 6.31. The van der Waals surface area contributed by atoms with Crippen LogP contribution in [0, 0.1) is 11.3 Å². The first kappa shape index (κ1) is 16.2. The van der Waals surface area contributed by atoms with Crippen LogP contribution in [-0.2, 0) is 5.92 Å². The Kier molecular flexibility index (Phi) is 5.15. The van der Waals surface area contributed by atoms with E-state index in [2.05, 4.69) is 4.90 Å². The molecule has 1 aromatic rings. The summed E-state index contributed by atoms with van der Waals surface area (Å²) in [5.41, 5.74) is -0.0500. The van der Waals surface area contributed by atoms with Crippen molar-refractivity contribution in [2.45, 2.75) is 12.3 Å². The maximum Gasteiger partial charge on any atom is 0.275 e. The maximum absolute atomic E-state index is 14.3. The van der Waals surface area contributed by atoms with Crippen molar-refractivity contribution in [2.24, 2.45) is 0 Å². The number of rotatable bonds is 4. The Balaban J connectivity index is 2.03. The standard InChI is InChI=1S/C15H18ClF2N3/c1-20-6-8-21(9-7-20)5-4-15(17,18)13-10-12(11-19)2-3-14(13)16/h2-3,10H,4-9H2,1H3. The third kappa shape index (κ3) is 4.13. The third-order valence-corrected chi connectivity index (χ3v) is 4.16. The molecule has 2 rings (SSSR count). The second kappa shape index (κ2) is 6.69. The quantitative estimate of drug-likeness (QED) is 0.856. The van der Waals surface area contributed by atoms with Crippen molar-refractivity contribution in [3.63, 3.8) is 0 Å². The van der Waals surface area contributed by atoms with Crippen LogP contribution in [-0.4, -0.2) is 49.6 Å². The number of halogens is 3. The van der Waals surface area contributed by atoms with Gasteiger partial charge in [0.1, 0.15) is 0 Å². The summed E-state index contributed by atoms with van der Waals surface area (Å²) in [6.07, 6.45) is -0.286. The molecule has 0 atom stereocenters. The lowest BCUT2D eigenvalue weighted by Crippen LogP contribution is -2.45. The van der Waals surface area contributed by atoms with Crippen LogP contribution in [0.3, 0.4) is 0 Å². The molecule has 1 aromatic carbocycles. The van der Waals surface area contributed by atoms with Crippen molar-refractivity contribution < 1.29 is 8.78 Å². The van der Waals surface area contributed by atoms with Gasteiger partial charge in [0.05, 0.1) is 11.6 Å². The van der Waals surface area contributed by atoms with E-state index in [1.807, 2.05) is 18.0 Å². The molecule has 0 amide bonds. The largest absolute Gasteiger partial charge is 0.304 e. The van der Waals surface area contributed by atoms with Crippen molar-refractivity contribution in [2.75, 3.05) is 39.8 Å². The van der Waals surface area contributed by atoms with E-state index in [9.17, 15) is 8.78 Å². The number of hydrogen-bond acceptors (Lipinski definition) is 3. The summed E-state index contributed by atoms with van der Waals surface area (Å²) in [4.78, 5) is 4.22. The van der Waals surface area contributed by atoms with Gasteiger partial charge in [-0.05, 0) is 25.2 Å². The van der Waals surface area contributed by atoms with E-state index >= 15 is 0 Å². The van der Waals surface area contributed by atoms with Crippen LogP contribution in [0.5, 0.6) is 0 Å².